The summed E-state index contributed by atoms with van der Waals surface area (Å²) in [5.74, 6) is -0.603. The van der Waals surface area contributed by atoms with Crippen LogP contribution in [0.4, 0.5) is 13.2 Å². The Morgan fingerprint density at radius 3 is 2.50 bits per heavy atom. The number of carbonyl (C=O) groups is 1. The number of hydrogen-bond acceptors (Lipinski definition) is 6. The fourth-order valence-electron chi connectivity index (χ4n) is 3.56. The lowest BCUT2D eigenvalue weighted by atomic mass is 10.1. The Kier molecular flexibility index (Phi) is 6.67. The molecule has 34 heavy (non-hydrogen) atoms. The average molecular weight is 491 g/mol. The summed E-state index contributed by atoms with van der Waals surface area (Å²) in [5.41, 5.74) is 0.760. The van der Waals surface area contributed by atoms with E-state index in [1.54, 1.807) is 6.07 Å². The van der Waals surface area contributed by atoms with E-state index in [4.69, 9.17) is 4.84 Å². The molecule has 0 unspecified atom stereocenters. The fraction of sp³-hybridized carbons (Fsp3) is 0.261. The zero-order valence-corrected chi connectivity index (χ0v) is 18.6. The lowest BCUT2D eigenvalue weighted by Crippen LogP contribution is -2.38. The van der Waals surface area contributed by atoms with Crippen molar-refractivity contribution in [2.24, 2.45) is 5.16 Å². The molecule has 1 aliphatic rings. The van der Waals surface area contributed by atoms with Crippen molar-refractivity contribution < 1.29 is 31.2 Å². The normalized spacial score (nSPS) is 15.3. The molecule has 0 spiro atoms. The van der Waals surface area contributed by atoms with Crippen molar-refractivity contribution in [3.63, 3.8) is 0 Å². The molecule has 0 bridgehead atoms. The highest BCUT2D eigenvalue weighted by atomic mass is 32.2. The van der Waals surface area contributed by atoms with Gasteiger partial charge in [0.1, 0.15) is 0 Å². The summed E-state index contributed by atoms with van der Waals surface area (Å²) in [5, 5.41) is 4.80. The molecule has 11 heteroatoms. The highest BCUT2D eigenvalue weighted by Crippen LogP contribution is 2.31. The number of rotatable bonds is 5. The smallest absolute Gasteiger partial charge is 0.318 e. The zero-order chi connectivity index (χ0) is 24.3. The van der Waals surface area contributed by atoms with Gasteiger partial charge in [0, 0.05) is 31.3 Å². The first-order chi connectivity index (χ1) is 16.1. The van der Waals surface area contributed by atoms with E-state index in [2.05, 4.69) is 10.1 Å². The first-order valence-electron chi connectivity index (χ1n) is 10.4. The highest BCUT2D eigenvalue weighted by molar-refractivity contribution is 7.89. The molecule has 0 amide bonds. The van der Waals surface area contributed by atoms with Crippen molar-refractivity contribution in [2.75, 3.05) is 13.1 Å². The van der Waals surface area contributed by atoms with Crippen LogP contribution in [0, 0.1) is 0 Å². The quantitative estimate of drug-likeness (QED) is 0.395. The standard InChI is InChI=1S/C23H20F3N3O4S/c24-23(25,26)17-5-3-6-20(14-17)34(31,32)29-12-10-18(11-13-29)28-33-22(30)15-19-9-8-16-4-1-2-7-21(16)27-19/h1-9,14H,10-13,15H2. The Labute approximate surface area is 193 Å². The molecule has 0 N–H and O–H groups in total. The molecule has 0 atom stereocenters. The summed E-state index contributed by atoms with van der Waals surface area (Å²) >= 11 is 0. The van der Waals surface area contributed by atoms with E-state index in [1.165, 1.54) is 0 Å². The molecule has 1 saturated heterocycles. The second-order valence-corrected chi connectivity index (χ2v) is 9.66. The predicted octanol–water partition coefficient (Wildman–Crippen LogP) is 4.18. The molecule has 1 fully saturated rings. The minimum Gasteiger partial charge on any atom is -0.318 e. The van der Waals surface area contributed by atoms with Crippen LogP contribution in [0.1, 0.15) is 24.1 Å². The lowest BCUT2D eigenvalue weighted by Gasteiger charge is -2.26. The molecular formula is C23H20F3N3O4S. The monoisotopic (exact) mass is 491 g/mol. The van der Waals surface area contributed by atoms with Crippen molar-refractivity contribution in [3.05, 3.63) is 71.9 Å². The lowest BCUT2D eigenvalue weighted by molar-refractivity contribution is -0.143. The van der Waals surface area contributed by atoms with E-state index < -0.39 is 32.6 Å². The van der Waals surface area contributed by atoms with E-state index in [1.807, 2.05) is 30.3 Å². The molecular weight excluding hydrogens is 471 g/mol. The number of sulfonamides is 1. The summed E-state index contributed by atoms with van der Waals surface area (Å²) < 4.78 is 65.4. The molecule has 2 heterocycles. The third kappa shape index (κ3) is 5.42. The first kappa shape index (κ1) is 23.8. The van der Waals surface area contributed by atoms with Gasteiger partial charge in [0.15, 0.2) is 0 Å². The van der Waals surface area contributed by atoms with Gasteiger partial charge in [-0.25, -0.2) is 13.2 Å². The molecule has 0 saturated carbocycles. The van der Waals surface area contributed by atoms with Gasteiger partial charge in [-0.05, 0) is 30.3 Å². The van der Waals surface area contributed by atoms with Gasteiger partial charge in [-0.3, -0.25) is 4.98 Å². The summed E-state index contributed by atoms with van der Waals surface area (Å²) in [6, 6.07) is 14.7. The number of nitrogens with zero attached hydrogens (tertiary/aromatic N) is 3. The molecule has 0 aliphatic carbocycles. The molecule has 3 aromatic rings. The summed E-state index contributed by atoms with van der Waals surface area (Å²) in [6.07, 6.45) is -4.32. The number of carbonyl (C=O) groups excluding carboxylic acids is 1. The van der Waals surface area contributed by atoms with Crippen LogP contribution in [-0.4, -0.2) is 42.5 Å². The van der Waals surface area contributed by atoms with Crippen LogP contribution in [0.3, 0.4) is 0 Å². The Balaban J connectivity index is 1.34. The maximum Gasteiger partial charge on any atom is 0.416 e. The predicted molar refractivity (Wildman–Crippen MR) is 118 cm³/mol. The topological polar surface area (TPSA) is 88.9 Å². The summed E-state index contributed by atoms with van der Waals surface area (Å²) in [4.78, 5) is 21.1. The van der Waals surface area contributed by atoms with Gasteiger partial charge in [0.2, 0.25) is 10.0 Å². The zero-order valence-electron chi connectivity index (χ0n) is 17.8. The van der Waals surface area contributed by atoms with Gasteiger partial charge in [-0.15, -0.1) is 0 Å². The average Bonchev–Trinajstić information content (AvgIpc) is 2.82. The number of para-hydroxylation sites is 1. The van der Waals surface area contributed by atoms with Gasteiger partial charge in [-0.1, -0.05) is 35.5 Å². The number of oxime groups is 1. The summed E-state index contributed by atoms with van der Waals surface area (Å²) in [6.45, 7) is 0.0301. The fourth-order valence-corrected chi connectivity index (χ4v) is 5.05. The van der Waals surface area contributed by atoms with Crippen LogP contribution in [0.25, 0.3) is 10.9 Å². The van der Waals surface area contributed by atoms with Crippen molar-refractivity contribution in [1.82, 2.24) is 9.29 Å². The minimum atomic E-state index is -4.64. The van der Waals surface area contributed by atoms with E-state index in [0.717, 1.165) is 33.4 Å². The van der Waals surface area contributed by atoms with Crippen molar-refractivity contribution in [2.45, 2.75) is 30.3 Å². The van der Waals surface area contributed by atoms with Crippen LogP contribution in [0.5, 0.6) is 0 Å². The van der Waals surface area contributed by atoms with Gasteiger partial charge in [0.05, 0.1) is 33.8 Å². The Bertz CT molecular complexity index is 1350. The van der Waals surface area contributed by atoms with Crippen molar-refractivity contribution in [3.8, 4) is 0 Å². The molecule has 0 radical (unpaired) electrons. The molecule has 178 valence electrons. The van der Waals surface area contributed by atoms with E-state index in [0.29, 0.717) is 17.5 Å². The number of aromatic nitrogens is 1. The van der Waals surface area contributed by atoms with Gasteiger partial charge in [-0.2, -0.15) is 17.5 Å². The van der Waals surface area contributed by atoms with Crippen molar-refractivity contribution >= 4 is 32.6 Å². The Morgan fingerprint density at radius 2 is 1.76 bits per heavy atom. The summed E-state index contributed by atoms with van der Waals surface area (Å²) in [7, 11) is -4.10. The number of fused-ring (bicyclic) bond motifs is 1. The van der Waals surface area contributed by atoms with Crippen LogP contribution in [-0.2, 0) is 32.3 Å². The molecule has 2 aromatic carbocycles. The largest absolute Gasteiger partial charge is 0.416 e. The Morgan fingerprint density at radius 1 is 1.03 bits per heavy atom. The van der Waals surface area contributed by atoms with Crippen LogP contribution in [0.2, 0.25) is 0 Å². The van der Waals surface area contributed by atoms with Crippen LogP contribution in [0.15, 0.2) is 70.7 Å². The maximum absolute atomic E-state index is 12.9. The van der Waals surface area contributed by atoms with E-state index in [-0.39, 0.29) is 32.4 Å². The number of pyridine rings is 1. The van der Waals surface area contributed by atoms with Crippen LogP contribution >= 0.6 is 0 Å². The number of hydrogen-bond donors (Lipinski definition) is 0. The number of piperidine rings is 1. The van der Waals surface area contributed by atoms with Gasteiger partial charge < -0.3 is 4.84 Å². The SMILES string of the molecule is O=C(Cc1ccc2ccccc2n1)ON=C1CCN(S(=O)(=O)c2cccc(C(F)(F)F)c2)CC1. The Hall–Kier alpha value is -3.31. The molecule has 1 aliphatic heterocycles. The van der Waals surface area contributed by atoms with Crippen molar-refractivity contribution in [1.29, 1.82) is 0 Å². The molecule has 7 nitrogen and oxygen atoms in total. The number of halogens is 3. The van der Waals surface area contributed by atoms with E-state index in [9.17, 15) is 26.4 Å². The third-order valence-corrected chi connectivity index (χ3v) is 7.25. The maximum atomic E-state index is 12.9. The minimum absolute atomic E-state index is 0.0151. The second-order valence-electron chi connectivity index (χ2n) is 7.72. The highest BCUT2D eigenvalue weighted by Gasteiger charge is 2.33. The van der Waals surface area contributed by atoms with Gasteiger partial charge >= 0.3 is 12.1 Å². The number of alkyl halides is 3. The second kappa shape index (κ2) is 9.51. The van der Waals surface area contributed by atoms with Crippen LogP contribution < -0.4 is 0 Å². The van der Waals surface area contributed by atoms with E-state index >= 15 is 0 Å². The first-order valence-corrected chi connectivity index (χ1v) is 11.8. The number of benzene rings is 2. The van der Waals surface area contributed by atoms with Gasteiger partial charge in [0.25, 0.3) is 0 Å². The molecule has 4 rings (SSSR count). The molecule has 1 aromatic heterocycles. The third-order valence-electron chi connectivity index (χ3n) is 5.36.